The molecule has 0 atom stereocenters. The molecule has 1 N–H and O–H groups in total. The highest BCUT2D eigenvalue weighted by Gasteiger charge is 2.42. The summed E-state index contributed by atoms with van der Waals surface area (Å²) in [6.07, 6.45) is 3.30. The molecule has 104 valence electrons. The highest BCUT2D eigenvalue weighted by molar-refractivity contribution is 9.09. The Bertz CT molecular complexity index is 508. The van der Waals surface area contributed by atoms with Crippen LogP contribution in [-0.2, 0) is 7.05 Å². The van der Waals surface area contributed by atoms with Crippen LogP contribution in [0.15, 0.2) is 12.1 Å². The van der Waals surface area contributed by atoms with Crippen LogP contribution in [0.2, 0.25) is 0 Å². The van der Waals surface area contributed by atoms with Crippen molar-refractivity contribution in [1.29, 1.82) is 0 Å². The quantitative estimate of drug-likeness (QED) is 0.494. The van der Waals surface area contributed by atoms with Gasteiger partial charge in [0.1, 0.15) is 0 Å². The zero-order chi connectivity index (χ0) is 14.0. The van der Waals surface area contributed by atoms with E-state index < -0.39 is 4.92 Å². The van der Waals surface area contributed by atoms with Gasteiger partial charge in [-0.1, -0.05) is 15.9 Å². The molecule has 1 aliphatic rings. The predicted octanol–water partition coefficient (Wildman–Crippen LogP) is 2.23. The summed E-state index contributed by atoms with van der Waals surface area (Å²) in [5.41, 5.74) is 0.553. The highest BCUT2D eigenvalue weighted by atomic mass is 79.9. The zero-order valence-electron chi connectivity index (χ0n) is 10.7. The average molecular weight is 330 g/mol. The van der Waals surface area contributed by atoms with E-state index in [1.807, 2.05) is 0 Å². The van der Waals surface area contributed by atoms with Crippen molar-refractivity contribution in [3.8, 4) is 0 Å². The molecule has 1 heterocycles. The van der Waals surface area contributed by atoms with Crippen molar-refractivity contribution < 1.29 is 9.72 Å². The molecule has 0 unspecified atom stereocenters. The summed E-state index contributed by atoms with van der Waals surface area (Å²) in [7, 11) is 1.53. The monoisotopic (exact) mass is 329 g/mol. The highest BCUT2D eigenvalue weighted by Crippen LogP contribution is 2.48. The lowest BCUT2D eigenvalue weighted by Crippen LogP contribution is -2.31. The summed E-state index contributed by atoms with van der Waals surface area (Å²) in [4.78, 5) is 22.2. The van der Waals surface area contributed by atoms with Crippen LogP contribution in [0.5, 0.6) is 0 Å². The molecule has 2 rings (SSSR count). The minimum absolute atomic E-state index is 0.0771. The number of carbonyl (C=O) groups excluding carboxylic acids is 1. The van der Waals surface area contributed by atoms with Gasteiger partial charge in [0, 0.05) is 17.9 Å². The van der Waals surface area contributed by atoms with Gasteiger partial charge in [0.2, 0.25) is 0 Å². The van der Waals surface area contributed by atoms with E-state index in [2.05, 4.69) is 21.2 Å². The number of amides is 1. The number of aromatic nitrogens is 1. The normalized spacial score (nSPS) is 16.1. The number of nitro groups is 1. The first-order valence-corrected chi connectivity index (χ1v) is 7.25. The van der Waals surface area contributed by atoms with Crippen molar-refractivity contribution in [2.45, 2.75) is 19.3 Å². The van der Waals surface area contributed by atoms with E-state index in [9.17, 15) is 14.9 Å². The van der Waals surface area contributed by atoms with E-state index in [4.69, 9.17) is 0 Å². The minimum atomic E-state index is -0.496. The van der Waals surface area contributed by atoms with Crippen LogP contribution in [0.3, 0.4) is 0 Å². The van der Waals surface area contributed by atoms with Crippen LogP contribution in [0.1, 0.15) is 29.8 Å². The van der Waals surface area contributed by atoms with Crippen molar-refractivity contribution in [2.24, 2.45) is 12.5 Å². The van der Waals surface area contributed by atoms with E-state index >= 15 is 0 Å². The van der Waals surface area contributed by atoms with Crippen LogP contribution < -0.4 is 5.32 Å². The maximum Gasteiger partial charge on any atom is 0.323 e. The number of hydrogen-bond donors (Lipinski definition) is 1. The fourth-order valence-electron chi connectivity index (χ4n) is 2.16. The molecule has 0 aliphatic heterocycles. The van der Waals surface area contributed by atoms with E-state index in [-0.39, 0.29) is 17.1 Å². The van der Waals surface area contributed by atoms with Gasteiger partial charge >= 0.3 is 5.82 Å². The molecule has 1 aromatic heterocycles. The Balaban J connectivity index is 1.99. The van der Waals surface area contributed by atoms with E-state index in [0.29, 0.717) is 12.2 Å². The fraction of sp³-hybridized carbons (Fsp3) is 0.583. The molecule has 1 aromatic rings. The lowest BCUT2D eigenvalue weighted by Gasteiger charge is -2.13. The van der Waals surface area contributed by atoms with E-state index in [1.165, 1.54) is 23.7 Å². The summed E-state index contributed by atoms with van der Waals surface area (Å²) in [6.45, 7) is 0.635. The third-order valence-electron chi connectivity index (χ3n) is 3.72. The summed E-state index contributed by atoms with van der Waals surface area (Å²) in [5.74, 6) is -0.330. The van der Waals surface area contributed by atoms with Gasteiger partial charge in [0.25, 0.3) is 5.91 Å². The van der Waals surface area contributed by atoms with Crippen LogP contribution in [0.25, 0.3) is 0 Å². The first-order chi connectivity index (χ1) is 8.99. The van der Waals surface area contributed by atoms with Gasteiger partial charge in [-0.25, -0.2) is 4.57 Å². The second-order valence-electron chi connectivity index (χ2n) is 5.01. The molecule has 19 heavy (non-hydrogen) atoms. The van der Waals surface area contributed by atoms with Gasteiger partial charge in [-0.3, -0.25) is 4.79 Å². The number of rotatable bonds is 6. The Morgan fingerprint density at radius 2 is 2.26 bits per heavy atom. The Morgan fingerprint density at radius 1 is 1.58 bits per heavy atom. The Labute approximate surface area is 119 Å². The third-order valence-corrected chi connectivity index (χ3v) is 4.12. The number of alkyl halides is 1. The van der Waals surface area contributed by atoms with Crippen LogP contribution >= 0.6 is 15.9 Å². The minimum Gasteiger partial charge on any atom is -0.358 e. The lowest BCUT2D eigenvalue weighted by atomic mass is 10.0. The summed E-state index contributed by atoms with van der Waals surface area (Å²) in [6, 6.07) is 2.83. The molecule has 0 bridgehead atoms. The smallest absolute Gasteiger partial charge is 0.323 e. The number of hydrogen-bond acceptors (Lipinski definition) is 3. The number of carbonyl (C=O) groups is 1. The van der Waals surface area contributed by atoms with Gasteiger partial charge in [0.15, 0.2) is 5.69 Å². The Morgan fingerprint density at radius 3 is 2.74 bits per heavy atom. The van der Waals surface area contributed by atoms with E-state index in [0.717, 1.165) is 24.6 Å². The zero-order valence-corrected chi connectivity index (χ0v) is 12.3. The SMILES string of the molecule is Cn1c(C(=O)NCC2(CCBr)CC2)ccc1[N+](=O)[O-]. The molecule has 0 aromatic carbocycles. The lowest BCUT2D eigenvalue weighted by molar-refractivity contribution is -0.391. The maximum absolute atomic E-state index is 12.0. The molecule has 7 heteroatoms. The maximum atomic E-state index is 12.0. The van der Waals surface area contributed by atoms with Gasteiger partial charge < -0.3 is 15.4 Å². The molecule has 0 radical (unpaired) electrons. The summed E-state index contributed by atoms with van der Waals surface area (Å²) >= 11 is 3.42. The molecule has 6 nitrogen and oxygen atoms in total. The Kier molecular flexibility index (Phi) is 3.93. The second-order valence-corrected chi connectivity index (χ2v) is 5.81. The van der Waals surface area contributed by atoms with Crippen molar-refractivity contribution in [2.75, 3.05) is 11.9 Å². The molecule has 0 spiro atoms. The largest absolute Gasteiger partial charge is 0.358 e. The van der Waals surface area contributed by atoms with E-state index in [1.54, 1.807) is 0 Å². The Hall–Kier alpha value is -1.37. The average Bonchev–Trinajstić information content (AvgIpc) is 3.01. The second kappa shape index (κ2) is 5.32. The van der Waals surface area contributed by atoms with Crippen LogP contribution in [0, 0.1) is 15.5 Å². The first-order valence-electron chi connectivity index (χ1n) is 6.13. The van der Waals surface area contributed by atoms with Crippen LogP contribution in [-0.4, -0.2) is 27.3 Å². The van der Waals surface area contributed by atoms with Gasteiger partial charge in [-0.05, 0) is 35.7 Å². The number of nitrogens with one attached hydrogen (secondary N) is 1. The molecule has 1 amide bonds. The molecule has 1 saturated carbocycles. The van der Waals surface area contributed by atoms with Crippen LogP contribution in [0.4, 0.5) is 5.82 Å². The number of nitrogens with zero attached hydrogens (tertiary/aromatic N) is 2. The summed E-state index contributed by atoms with van der Waals surface area (Å²) < 4.78 is 1.30. The van der Waals surface area contributed by atoms with Crippen molar-refractivity contribution >= 4 is 27.7 Å². The molecule has 0 saturated heterocycles. The van der Waals surface area contributed by atoms with Crippen molar-refractivity contribution in [3.05, 3.63) is 27.9 Å². The fourth-order valence-corrected chi connectivity index (χ4v) is 3.00. The molecular weight excluding hydrogens is 314 g/mol. The van der Waals surface area contributed by atoms with Crippen molar-refractivity contribution in [1.82, 2.24) is 9.88 Å². The topological polar surface area (TPSA) is 77.2 Å². The van der Waals surface area contributed by atoms with Gasteiger partial charge in [-0.2, -0.15) is 0 Å². The van der Waals surface area contributed by atoms with Gasteiger partial charge in [-0.15, -0.1) is 0 Å². The third kappa shape index (κ3) is 2.97. The molecule has 1 fully saturated rings. The van der Waals surface area contributed by atoms with Crippen molar-refractivity contribution in [3.63, 3.8) is 0 Å². The standard InChI is InChI=1S/C12H16BrN3O3/c1-15-9(2-3-10(15)16(18)19)11(17)14-8-12(4-5-12)6-7-13/h2-3H,4-8H2,1H3,(H,14,17). The van der Waals surface area contributed by atoms with Gasteiger partial charge in [0.05, 0.1) is 7.05 Å². The number of halogens is 1. The summed E-state index contributed by atoms with van der Waals surface area (Å²) in [5, 5.41) is 14.5. The first kappa shape index (κ1) is 14.0. The molecule has 1 aliphatic carbocycles. The predicted molar refractivity (Wildman–Crippen MR) is 74.5 cm³/mol. The molecular formula is C12H16BrN3O3.